The molecule has 2 aromatic rings. The standard InChI is InChI=1S/C20H24N2O3/c1-25-13-19(24)21-11-17-20(18(12-23)22-17)16-9-7-15(8-10-16)14-5-3-2-4-6-14/h2-10,17-18,20,22-23H,11-13H2,1H3,(H,21,24)/t17-,18-,20-/m1/s1. The highest BCUT2D eigenvalue weighted by molar-refractivity contribution is 5.77. The number of aliphatic hydroxyl groups excluding tert-OH is 1. The molecule has 3 rings (SSSR count). The number of nitrogens with one attached hydrogen (secondary N) is 2. The third-order valence-electron chi connectivity index (χ3n) is 4.69. The molecule has 0 saturated carbocycles. The number of amides is 1. The first-order valence-corrected chi connectivity index (χ1v) is 8.51. The van der Waals surface area contributed by atoms with E-state index in [-0.39, 0.29) is 37.1 Å². The normalized spacial score (nSPS) is 22.2. The number of benzene rings is 2. The summed E-state index contributed by atoms with van der Waals surface area (Å²) >= 11 is 0. The van der Waals surface area contributed by atoms with Crippen LogP contribution in [0.25, 0.3) is 11.1 Å². The van der Waals surface area contributed by atoms with E-state index < -0.39 is 0 Å². The van der Waals surface area contributed by atoms with Crippen molar-refractivity contribution >= 4 is 5.91 Å². The van der Waals surface area contributed by atoms with Crippen LogP contribution >= 0.6 is 0 Å². The minimum atomic E-state index is -0.130. The van der Waals surface area contributed by atoms with Crippen LogP contribution in [0.5, 0.6) is 0 Å². The van der Waals surface area contributed by atoms with Gasteiger partial charge in [-0.2, -0.15) is 0 Å². The fraction of sp³-hybridized carbons (Fsp3) is 0.350. The van der Waals surface area contributed by atoms with Crippen molar-refractivity contribution in [2.45, 2.75) is 18.0 Å². The van der Waals surface area contributed by atoms with Gasteiger partial charge in [-0.3, -0.25) is 4.79 Å². The lowest BCUT2D eigenvalue weighted by molar-refractivity contribution is -0.125. The third kappa shape index (κ3) is 4.07. The molecule has 0 unspecified atom stereocenters. The Morgan fingerprint density at radius 3 is 2.40 bits per heavy atom. The number of hydrogen-bond acceptors (Lipinski definition) is 4. The molecule has 3 atom stereocenters. The van der Waals surface area contributed by atoms with Gasteiger partial charge in [0.15, 0.2) is 0 Å². The van der Waals surface area contributed by atoms with Gasteiger partial charge in [0.1, 0.15) is 6.61 Å². The van der Waals surface area contributed by atoms with E-state index in [1.54, 1.807) is 0 Å². The lowest BCUT2D eigenvalue weighted by atomic mass is 9.77. The van der Waals surface area contributed by atoms with Crippen molar-refractivity contribution in [3.8, 4) is 11.1 Å². The fourth-order valence-corrected chi connectivity index (χ4v) is 3.40. The van der Waals surface area contributed by atoms with Gasteiger partial charge in [0.25, 0.3) is 0 Å². The van der Waals surface area contributed by atoms with Crippen LogP contribution in [0.3, 0.4) is 0 Å². The van der Waals surface area contributed by atoms with Gasteiger partial charge in [-0.1, -0.05) is 54.6 Å². The van der Waals surface area contributed by atoms with Gasteiger partial charge in [0.05, 0.1) is 6.61 Å². The maximum atomic E-state index is 11.6. The summed E-state index contributed by atoms with van der Waals surface area (Å²) in [6, 6.07) is 18.8. The molecule has 0 spiro atoms. The van der Waals surface area contributed by atoms with Crippen LogP contribution in [0.2, 0.25) is 0 Å². The fourth-order valence-electron chi connectivity index (χ4n) is 3.40. The van der Waals surface area contributed by atoms with Crippen molar-refractivity contribution in [2.24, 2.45) is 0 Å². The minimum absolute atomic E-state index is 0.0203. The van der Waals surface area contributed by atoms with E-state index >= 15 is 0 Å². The van der Waals surface area contributed by atoms with E-state index in [1.165, 1.54) is 23.8 Å². The number of ether oxygens (including phenoxy) is 1. The largest absolute Gasteiger partial charge is 0.395 e. The van der Waals surface area contributed by atoms with Crippen LogP contribution in [0.15, 0.2) is 54.6 Å². The van der Waals surface area contributed by atoms with Gasteiger partial charge in [-0.25, -0.2) is 0 Å². The predicted molar refractivity (Wildman–Crippen MR) is 97.3 cm³/mol. The highest BCUT2D eigenvalue weighted by atomic mass is 16.5. The summed E-state index contributed by atoms with van der Waals surface area (Å²) < 4.78 is 4.82. The highest BCUT2D eigenvalue weighted by Crippen LogP contribution is 2.33. The Morgan fingerprint density at radius 2 is 1.76 bits per heavy atom. The van der Waals surface area contributed by atoms with Crippen molar-refractivity contribution in [3.63, 3.8) is 0 Å². The number of carbonyl (C=O) groups excluding carboxylic acids is 1. The molecular weight excluding hydrogens is 316 g/mol. The predicted octanol–water partition coefficient (Wildman–Crippen LogP) is 1.53. The Morgan fingerprint density at radius 1 is 1.08 bits per heavy atom. The zero-order valence-electron chi connectivity index (χ0n) is 14.3. The first-order valence-electron chi connectivity index (χ1n) is 8.51. The average molecular weight is 340 g/mol. The second-order valence-electron chi connectivity index (χ2n) is 6.31. The number of aliphatic hydroxyl groups is 1. The quantitative estimate of drug-likeness (QED) is 0.715. The van der Waals surface area contributed by atoms with Crippen LogP contribution in [0, 0.1) is 0 Å². The molecule has 0 aliphatic carbocycles. The van der Waals surface area contributed by atoms with Crippen LogP contribution in [0.4, 0.5) is 0 Å². The minimum Gasteiger partial charge on any atom is -0.395 e. The first-order chi connectivity index (χ1) is 12.2. The van der Waals surface area contributed by atoms with E-state index in [4.69, 9.17) is 4.74 Å². The average Bonchev–Trinajstić information content (AvgIpc) is 2.63. The van der Waals surface area contributed by atoms with E-state index in [9.17, 15) is 9.90 Å². The molecule has 132 valence electrons. The van der Waals surface area contributed by atoms with Gasteiger partial charge in [-0.05, 0) is 16.7 Å². The summed E-state index contributed by atoms with van der Waals surface area (Å²) in [6.07, 6.45) is 0. The Hall–Kier alpha value is -2.21. The lowest BCUT2D eigenvalue weighted by Crippen LogP contribution is -2.64. The van der Waals surface area contributed by atoms with E-state index in [0.717, 1.165) is 0 Å². The highest BCUT2D eigenvalue weighted by Gasteiger charge is 2.40. The Balaban J connectivity index is 1.68. The summed E-state index contributed by atoms with van der Waals surface area (Å²) in [5, 5.41) is 15.7. The first kappa shape index (κ1) is 17.6. The molecule has 1 aliphatic rings. The Bertz CT molecular complexity index is 688. The Labute approximate surface area is 148 Å². The number of carbonyl (C=O) groups is 1. The summed E-state index contributed by atoms with van der Waals surface area (Å²) in [6.45, 7) is 0.657. The lowest BCUT2D eigenvalue weighted by Gasteiger charge is -2.46. The Kier molecular flexibility index (Phi) is 5.81. The van der Waals surface area contributed by atoms with E-state index in [2.05, 4.69) is 47.0 Å². The molecular formula is C20H24N2O3. The molecule has 1 fully saturated rings. The molecule has 0 radical (unpaired) electrons. The molecule has 25 heavy (non-hydrogen) atoms. The van der Waals surface area contributed by atoms with Crippen molar-refractivity contribution < 1.29 is 14.6 Å². The van der Waals surface area contributed by atoms with E-state index in [0.29, 0.717) is 6.54 Å². The molecule has 1 heterocycles. The van der Waals surface area contributed by atoms with Crippen LogP contribution in [-0.2, 0) is 9.53 Å². The van der Waals surface area contributed by atoms with Gasteiger partial charge in [0.2, 0.25) is 5.91 Å². The zero-order chi connectivity index (χ0) is 17.6. The van der Waals surface area contributed by atoms with Crippen LogP contribution in [0.1, 0.15) is 11.5 Å². The second-order valence-corrected chi connectivity index (χ2v) is 6.31. The maximum absolute atomic E-state index is 11.6. The zero-order valence-corrected chi connectivity index (χ0v) is 14.3. The topological polar surface area (TPSA) is 70.6 Å². The molecule has 2 aromatic carbocycles. The van der Waals surface area contributed by atoms with Gasteiger partial charge in [0, 0.05) is 31.7 Å². The summed E-state index contributed by atoms with van der Waals surface area (Å²) in [4.78, 5) is 11.6. The smallest absolute Gasteiger partial charge is 0.246 e. The molecule has 1 saturated heterocycles. The van der Waals surface area contributed by atoms with E-state index in [1.807, 2.05) is 18.2 Å². The van der Waals surface area contributed by atoms with Crippen molar-refractivity contribution in [1.29, 1.82) is 0 Å². The van der Waals surface area contributed by atoms with Crippen LogP contribution in [-0.4, -0.2) is 50.0 Å². The van der Waals surface area contributed by atoms with Gasteiger partial charge < -0.3 is 20.5 Å². The van der Waals surface area contributed by atoms with Crippen molar-refractivity contribution in [2.75, 3.05) is 26.9 Å². The maximum Gasteiger partial charge on any atom is 0.246 e. The molecule has 0 bridgehead atoms. The van der Waals surface area contributed by atoms with Crippen LogP contribution < -0.4 is 10.6 Å². The summed E-state index contributed by atoms with van der Waals surface area (Å²) in [5.74, 6) is 0.0487. The second kappa shape index (κ2) is 8.25. The number of rotatable bonds is 7. The van der Waals surface area contributed by atoms with Gasteiger partial charge in [-0.15, -0.1) is 0 Å². The third-order valence-corrected chi connectivity index (χ3v) is 4.69. The molecule has 3 N–H and O–H groups in total. The molecule has 5 nitrogen and oxygen atoms in total. The molecule has 0 aromatic heterocycles. The van der Waals surface area contributed by atoms with Crippen molar-refractivity contribution in [1.82, 2.24) is 10.6 Å². The monoisotopic (exact) mass is 340 g/mol. The van der Waals surface area contributed by atoms with Crippen molar-refractivity contribution in [3.05, 3.63) is 60.2 Å². The molecule has 1 amide bonds. The van der Waals surface area contributed by atoms with Gasteiger partial charge >= 0.3 is 0 Å². The molecule has 1 aliphatic heterocycles. The summed E-state index contributed by atoms with van der Waals surface area (Å²) in [5.41, 5.74) is 3.52. The molecule has 5 heteroatoms. The number of hydrogen-bond donors (Lipinski definition) is 3. The summed E-state index contributed by atoms with van der Waals surface area (Å²) in [7, 11) is 1.50. The SMILES string of the molecule is COCC(=O)NC[C@H]1N[C@H](CO)[C@@H]1c1ccc(-c2ccccc2)cc1. The number of methoxy groups -OCH3 is 1.